The Balaban J connectivity index is 1.44. The van der Waals surface area contributed by atoms with Gasteiger partial charge in [0.15, 0.2) is 0 Å². The maximum absolute atomic E-state index is 12.6. The molecule has 6 nitrogen and oxygen atoms in total. The Hall–Kier alpha value is -2.38. The van der Waals surface area contributed by atoms with Crippen molar-refractivity contribution in [3.63, 3.8) is 0 Å². The first-order chi connectivity index (χ1) is 13.9. The zero-order valence-corrected chi connectivity index (χ0v) is 17.6. The van der Waals surface area contributed by atoms with Crippen molar-refractivity contribution in [3.05, 3.63) is 71.8 Å². The van der Waals surface area contributed by atoms with Crippen LogP contribution >= 0.6 is 0 Å². The Morgan fingerprint density at radius 3 is 2.07 bits per heavy atom. The molecule has 156 valence electrons. The number of nitrogens with zero attached hydrogens (tertiary/aromatic N) is 2. The zero-order valence-electron chi connectivity index (χ0n) is 16.8. The molecule has 29 heavy (non-hydrogen) atoms. The molecular formula is C22H29N3O3S. The van der Waals surface area contributed by atoms with Crippen LogP contribution < -0.4 is 5.32 Å². The van der Waals surface area contributed by atoms with Gasteiger partial charge in [-0.3, -0.25) is 0 Å². The molecule has 3 rings (SSSR count). The van der Waals surface area contributed by atoms with Crippen molar-refractivity contribution >= 4 is 16.1 Å². The smallest absolute Gasteiger partial charge is 0.317 e. The normalized spacial score (nSPS) is 16.4. The number of benzene rings is 2. The third kappa shape index (κ3) is 6.30. The first-order valence-electron chi connectivity index (χ1n) is 10.0. The van der Waals surface area contributed by atoms with E-state index in [0.29, 0.717) is 26.2 Å². The summed E-state index contributed by atoms with van der Waals surface area (Å²) < 4.78 is 26.8. The summed E-state index contributed by atoms with van der Waals surface area (Å²) in [5.41, 5.74) is 2.03. The highest BCUT2D eigenvalue weighted by atomic mass is 32.2. The minimum Gasteiger partial charge on any atom is -0.336 e. The number of piperazine rings is 1. The lowest BCUT2D eigenvalue weighted by Gasteiger charge is -2.34. The van der Waals surface area contributed by atoms with E-state index in [2.05, 4.69) is 17.4 Å². The van der Waals surface area contributed by atoms with Gasteiger partial charge in [0.1, 0.15) is 0 Å². The van der Waals surface area contributed by atoms with Crippen molar-refractivity contribution < 1.29 is 13.2 Å². The van der Waals surface area contributed by atoms with Crippen LogP contribution in [0.25, 0.3) is 0 Å². The number of nitrogens with one attached hydrogen (secondary N) is 1. The van der Waals surface area contributed by atoms with E-state index < -0.39 is 10.0 Å². The Morgan fingerprint density at radius 1 is 0.931 bits per heavy atom. The van der Waals surface area contributed by atoms with E-state index in [1.54, 1.807) is 4.90 Å². The molecule has 1 aliphatic rings. The van der Waals surface area contributed by atoms with Crippen LogP contribution in [0.5, 0.6) is 0 Å². The molecule has 0 saturated carbocycles. The van der Waals surface area contributed by atoms with Gasteiger partial charge < -0.3 is 10.2 Å². The second-order valence-corrected chi connectivity index (χ2v) is 9.47. The summed E-state index contributed by atoms with van der Waals surface area (Å²) in [4.78, 5) is 14.2. The molecule has 0 bridgehead atoms. The van der Waals surface area contributed by atoms with Gasteiger partial charge in [-0.25, -0.2) is 13.2 Å². The summed E-state index contributed by atoms with van der Waals surface area (Å²) in [7, 11) is -3.37. The van der Waals surface area contributed by atoms with Gasteiger partial charge in [-0.15, -0.1) is 0 Å². The highest BCUT2D eigenvalue weighted by Crippen LogP contribution is 2.14. The van der Waals surface area contributed by atoms with Gasteiger partial charge >= 0.3 is 6.03 Å². The van der Waals surface area contributed by atoms with Crippen molar-refractivity contribution in [3.8, 4) is 0 Å². The Bertz CT molecular complexity index is 880. The van der Waals surface area contributed by atoms with E-state index in [-0.39, 0.29) is 17.8 Å². The van der Waals surface area contributed by atoms with E-state index >= 15 is 0 Å². The van der Waals surface area contributed by atoms with Gasteiger partial charge in [-0.2, -0.15) is 4.31 Å². The molecule has 1 unspecified atom stereocenters. The standard InChI is InChI=1S/C22H29N3O3S/c1-19(12-13-20-8-4-2-5-9-20)23-22(26)24-14-16-25(17-15-24)29(27,28)18-21-10-6-3-7-11-21/h2-11,19H,12-18H2,1H3,(H,23,26). The van der Waals surface area contributed by atoms with Crippen LogP contribution in [0.3, 0.4) is 0 Å². The van der Waals surface area contributed by atoms with Crippen LogP contribution in [0.4, 0.5) is 4.79 Å². The lowest BCUT2D eigenvalue weighted by Crippen LogP contribution is -2.54. The summed E-state index contributed by atoms with van der Waals surface area (Å²) >= 11 is 0. The van der Waals surface area contributed by atoms with Crippen molar-refractivity contribution in [2.45, 2.75) is 31.6 Å². The minimum atomic E-state index is -3.37. The fourth-order valence-corrected chi connectivity index (χ4v) is 4.96. The van der Waals surface area contributed by atoms with Crippen LogP contribution in [0.15, 0.2) is 60.7 Å². The second-order valence-electron chi connectivity index (χ2n) is 7.50. The predicted octanol–water partition coefficient (Wildman–Crippen LogP) is 2.86. The van der Waals surface area contributed by atoms with Crippen LogP contribution in [-0.4, -0.2) is 55.9 Å². The van der Waals surface area contributed by atoms with E-state index in [9.17, 15) is 13.2 Å². The van der Waals surface area contributed by atoms with Crippen molar-refractivity contribution in [2.75, 3.05) is 26.2 Å². The molecule has 2 aromatic rings. The molecule has 0 spiro atoms. The number of hydrogen-bond donors (Lipinski definition) is 1. The van der Waals surface area contributed by atoms with Gasteiger partial charge in [0.05, 0.1) is 5.75 Å². The quantitative estimate of drug-likeness (QED) is 0.756. The fraction of sp³-hybridized carbons (Fsp3) is 0.409. The molecule has 7 heteroatoms. The van der Waals surface area contributed by atoms with E-state index in [1.807, 2.05) is 55.5 Å². The van der Waals surface area contributed by atoms with E-state index in [0.717, 1.165) is 18.4 Å². The summed E-state index contributed by atoms with van der Waals surface area (Å²) in [5.74, 6) is -0.00342. The number of rotatable bonds is 7. The number of aryl methyl sites for hydroxylation is 1. The largest absolute Gasteiger partial charge is 0.336 e. The number of amides is 2. The first-order valence-corrected chi connectivity index (χ1v) is 11.7. The van der Waals surface area contributed by atoms with E-state index in [1.165, 1.54) is 9.87 Å². The monoisotopic (exact) mass is 415 g/mol. The third-order valence-electron chi connectivity index (χ3n) is 5.19. The fourth-order valence-electron chi connectivity index (χ4n) is 3.45. The zero-order chi connectivity index (χ0) is 20.7. The van der Waals surface area contributed by atoms with Crippen LogP contribution in [0, 0.1) is 0 Å². The average Bonchev–Trinajstić information content (AvgIpc) is 2.73. The summed E-state index contributed by atoms with van der Waals surface area (Å²) in [6, 6.07) is 19.3. The molecule has 1 aliphatic heterocycles. The average molecular weight is 416 g/mol. The minimum absolute atomic E-state index is 0.00342. The molecule has 0 aromatic heterocycles. The number of urea groups is 1. The number of sulfonamides is 1. The molecule has 1 fully saturated rings. The van der Waals surface area contributed by atoms with E-state index in [4.69, 9.17) is 0 Å². The number of carbonyl (C=O) groups excluding carboxylic acids is 1. The Kier molecular flexibility index (Phi) is 7.28. The van der Waals surface area contributed by atoms with Gasteiger partial charge in [-0.1, -0.05) is 60.7 Å². The molecule has 1 saturated heterocycles. The second kappa shape index (κ2) is 9.89. The van der Waals surface area contributed by atoms with Crippen molar-refractivity contribution in [1.82, 2.24) is 14.5 Å². The maximum atomic E-state index is 12.6. The molecule has 1 heterocycles. The van der Waals surface area contributed by atoms with Crippen LogP contribution in [0.2, 0.25) is 0 Å². The summed E-state index contributed by atoms with van der Waals surface area (Å²) in [5, 5.41) is 3.03. The Labute approximate surface area is 173 Å². The molecule has 2 amide bonds. The molecule has 2 aromatic carbocycles. The third-order valence-corrected chi connectivity index (χ3v) is 7.04. The lowest BCUT2D eigenvalue weighted by atomic mass is 10.1. The molecule has 1 atom stereocenters. The maximum Gasteiger partial charge on any atom is 0.317 e. The molecule has 0 radical (unpaired) electrons. The van der Waals surface area contributed by atoms with Crippen molar-refractivity contribution in [1.29, 1.82) is 0 Å². The lowest BCUT2D eigenvalue weighted by molar-refractivity contribution is 0.169. The topological polar surface area (TPSA) is 69.7 Å². The molecular weight excluding hydrogens is 386 g/mol. The van der Waals surface area contributed by atoms with Crippen LogP contribution in [0.1, 0.15) is 24.5 Å². The summed E-state index contributed by atoms with van der Waals surface area (Å²) in [6.45, 7) is 3.49. The van der Waals surface area contributed by atoms with Crippen LogP contribution in [-0.2, 0) is 22.2 Å². The molecule has 1 N–H and O–H groups in total. The van der Waals surface area contributed by atoms with Gasteiger partial charge in [0, 0.05) is 32.2 Å². The van der Waals surface area contributed by atoms with Crippen molar-refractivity contribution in [2.24, 2.45) is 0 Å². The number of carbonyl (C=O) groups is 1. The van der Waals surface area contributed by atoms with Gasteiger partial charge in [-0.05, 0) is 30.9 Å². The highest BCUT2D eigenvalue weighted by Gasteiger charge is 2.29. The van der Waals surface area contributed by atoms with Gasteiger partial charge in [0.25, 0.3) is 0 Å². The Morgan fingerprint density at radius 2 is 1.48 bits per heavy atom. The predicted molar refractivity (Wildman–Crippen MR) is 115 cm³/mol. The van der Waals surface area contributed by atoms with Gasteiger partial charge in [0.2, 0.25) is 10.0 Å². The SMILES string of the molecule is CC(CCc1ccccc1)NC(=O)N1CCN(S(=O)(=O)Cc2ccccc2)CC1. The first kappa shape index (κ1) is 21.3. The number of hydrogen-bond acceptors (Lipinski definition) is 3. The summed E-state index contributed by atoms with van der Waals surface area (Å²) in [6.07, 6.45) is 1.77. The highest BCUT2D eigenvalue weighted by molar-refractivity contribution is 7.88. The molecule has 0 aliphatic carbocycles.